The Hall–Kier alpha value is -1.46. The number of carbonyl (C=O) groups is 1. The van der Waals surface area contributed by atoms with E-state index in [4.69, 9.17) is 4.74 Å². The molecule has 1 fully saturated rings. The molecule has 4 nitrogen and oxygen atoms in total. The van der Waals surface area contributed by atoms with Gasteiger partial charge in [0.15, 0.2) is 0 Å². The van der Waals surface area contributed by atoms with Gasteiger partial charge < -0.3 is 9.64 Å². The van der Waals surface area contributed by atoms with Crippen molar-refractivity contribution in [2.45, 2.75) is 38.8 Å². The Balaban J connectivity index is 2.13. The van der Waals surface area contributed by atoms with Crippen molar-refractivity contribution in [2.24, 2.45) is 0 Å². The molecule has 0 aromatic heterocycles. The third-order valence-electron chi connectivity index (χ3n) is 4.50. The summed E-state index contributed by atoms with van der Waals surface area (Å²) in [5.74, 6) is -0.175. The summed E-state index contributed by atoms with van der Waals surface area (Å²) in [5.41, 5.74) is 0.552. The number of benzene rings is 1. The highest BCUT2D eigenvalue weighted by Gasteiger charge is 2.31. The summed E-state index contributed by atoms with van der Waals surface area (Å²) in [4.78, 5) is 17.0. The molecule has 0 aliphatic carbocycles. The number of hydrogen-bond acceptors (Lipinski definition) is 3. The summed E-state index contributed by atoms with van der Waals surface area (Å²) in [6.07, 6.45) is 3.10. The third kappa shape index (κ3) is 4.75. The average molecular weight is 322 g/mol. The van der Waals surface area contributed by atoms with Crippen LogP contribution in [0.2, 0.25) is 0 Å². The van der Waals surface area contributed by atoms with Gasteiger partial charge in [-0.3, -0.25) is 9.69 Å². The minimum atomic E-state index is -0.265. The maximum Gasteiger partial charge on any atom is 0.240 e. The fraction of sp³-hybridized carbons (Fsp3) is 0.611. The first-order valence-corrected chi connectivity index (χ1v) is 8.42. The molecule has 128 valence electrons. The number of rotatable bonds is 7. The zero-order valence-electron chi connectivity index (χ0n) is 14.1. The molecule has 1 heterocycles. The van der Waals surface area contributed by atoms with Gasteiger partial charge >= 0.3 is 0 Å². The van der Waals surface area contributed by atoms with E-state index in [9.17, 15) is 9.18 Å². The predicted octanol–water partition coefficient (Wildman–Crippen LogP) is 2.68. The normalized spacial score (nSPS) is 18.8. The van der Waals surface area contributed by atoms with Gasteiger partial charge in [0, 0.05) is 25.8 Å². The van der Waals surface area contributed by atoms with Crippen molar-refractivity contribution in [2.75, 3.05) is 33.4 Å². The van der Waals surface area contributed by atoms with Gasteiger partial charge in [-0.2, -0.15) is 0 Å². The van der Waals surface area contributed by atoms with Crippen LogP contribution < -0.4 is 0 Å². The van der Waals surface area contributed by atoms with Crippen molar-refractivity contribution in [3.8, 4) is 0 Å². The van der Waals surface area contributed by atoms with E-state index < -0.39 is 0 Å². The lowest BCUT2D eigenvalue weighted by atomic mass is 10.0. The van der Waals surface area contributed by atoms with E-state index in [1.165, 1.54) is 6.07 Å². The summed E-state index contributed by atoms with van der Waals surface area (Å²) in [5, 5.41) is 0. The van der Waals surface area contributed by atoms with Crippen molar-refractivity contribution < 1.29 is 13.9 Å². The van der Waals surface area contributed by atoms with Gasteiger partial charge in [0.05, 0.1) is 12.6 Å². The Kier molecular flexibility index (Phi) is 6.99. The molecule has 1 aliphatic rings. The molecule has 1 saturated heterocycles. The van der Waals surface area contributed by atoms with E-state index >= 15 is 0 Å². The molecular weight excluding hydrogens is 295 g/mol. The third-order valence-corrected chi connectivity index (χ3v) is 4.50. The summed E-state index contributed by atoms with van der Waals surface area (Å²) >= 11 is 0. The van der Waals surface area contributed by atoms with Crippen molar-refractivity contribution >= 4 is 5.91 Å². The average Bonchev–Trinajstić information content (AvgIpc) is 2.59. The lowest BCUT2D eigenvalue weighted by Gasteiger charge is -2.37. The largest absolute Gasteiger partial charge is 0.383 e. The summed E-state index contributed by atoms with van der Waals surface area (Å²) in [6, 6.07) is 6.56. The van der Waals surface area contributed by atoms with Gasteiger partial charge in [0.2, 0.25) is 5.91 Å². The predicted molar refractivity (Wildman–Crippen MR) is 88.6 cm³/mol. The van der Waals surface area contributed by atoms with Crippen LogP contribution in [0.25, 0.3) is 0 Å². The highest BCUT2D eigenvalue weighted by molar-refractivity contribution is 5.82. The smallest absolute Gasteiger partial charge is 0.240 e. The summed E-state index contributed by atoms with van der Waals surface area (Å²) < 4.78 is 19.1. The fourth-order valence-corrected chi connectivity index (χ4v) is 3.16. The Morgan fingerprint density at radius 1 is 1.39 bits per heavy atom. The SMILES string of the molecule is CCN1CCCC[C@H]1C(=O)N(CCOC)Cc1ccccc1F. The molecule has 1 aromatic rings. The van der Waals surface area contributed by atoms with Gasteiger partial charge in [0.25, 0.3) is 0 Å². The molecule has 1 aromatic carbocycles. The molecule has 1 atom stereocenters. The Morgan fingerprint density at radius 2 is 2.17 bits per heavy atom. The van der Waals surface area contributed by atoms with Crippen LogP contribution in [0, 0.1) is 5.82 Å². The zero-order chi connectivity index (χ0) is 16.7. The molecular formula is C18H27FN2O2. The fourth-order valence-electron chi connectivity index (χ4n) is 3.16. The second-order valence-electron chi connectivity index (χ2n) is 5.98. The molecule has 0 N–H and O–H groups in total. The lowest BCUT2D eigenvalue weighted by molar-refractivity contribution is -0.139. The first-order chi connectivity index (χ1) is 11.2. The topological polar surface area (TPSA) is 32.8 Å². The maximum absolute atomic E-state index is 13.9. The summed E-state index contributed by atoms with van der Waals surface area (Å²) in [6.45, 7) is 5.15. The Bertz CT molecular complexity index is 510. The number of ether oxygens (including phenoxy) is 1. The Labute approximate surface area is 138 Å². The molecule has 1 aliphatic heterocycles. The van der Waals surface area contributed by atoms with Crippen LogP contribution in [0.3, 0.4) is 0 Å². The van der Waals surface area contributed by atoms with Crippen LogP contribution in [-0.2, 0) is 16.1 Å². The van der Waals surface area contributed by atoms with E-state index in [0.29, 0.717) is 25.3 Å². The van der Waals surface area contributed by atoms with Crippen LogP contribution >= 0.6 is 0 Å². The number of nitrogens with zero attached hydrogens (tertiary/aromatic N) is 2. The second kappa shape index (κ2) is 8.99. The van der Waals surface area contributed by atoms with E-state index in [-0.39, 0.29) is 17.8 Å². The Morgan fingerprint density at radius 3 is 2.87 bits per heavy atom. The van der Waals surface area contributed by atoms with Crippen LogP contribution in [0.15, 0.2) is 24.3 Å². The highest BCUT2D eigenvalue weighted by atomic mass is 19.1. The van der Waals surface area contributed by atoms with Crippen LogP contribution in [-0.4, -0.2) is 55.1 Å². The first-order valence-electron chi connectivity index (χ1n) is 8.42. The zero-order valence-corrected chi connectivity index (χ0v) is 14.1. The van der Waals surface area contributed by atoms with Crippen molar-refractivity contribution in [1.29, 1.82) is 0 Å². The number of likely N-dealkylation sites (N-methyl/N-ethyl adjacent to an activating group) is 1. The monoisotopic (exact) mass is 322 g/mol. The number of likely N-dealkylation sites (tertiary alicyclic amines) is 1. The minimum Gasteiger partial charge on any atom is -0.383 e. The van der Waals surface area contributed by atoms with Gasteiger partial charge in [-0.1, -0.05) is 31.5 Å². The van der Waals surface area contributed by atoms with Crippen molar-refractivity contribution in [3.05, 3.63) is 35.6 Å². The van der Waals surface area contributed by atoms with E-state index in [2.05, 4.69) is 11.8 Å². The van der Waals surface area contributed by atoms with E-state index in [0.717, 1.165) is 32.4 Å². The summed E-state index contributed by atoms with van der Waals surface area (Å²) in [7, 11) is 1.62. The molecule has 0 saturated carbocycles. The van der Waals surface area contributed by atoms with Crippen molar-refractivity contribution in [3.63, 3.8) is 0 Å². The number of carbonyl (C=O) groups excluding carboxylic acids is 1. The van der Waals surface area contributed by atoms with Gasteiger partial charge in [-0.15, -0.1) is 0 Å². The molecule has 0 spiro atoms. The molecule has 0 bridgehead atoms. The van der Waals surface area contributed by atoms with E-state index in [1.807, 2.05) is 0 Å². The lowest BCUT2D eigenvalue weighted by Crippen LogP contribution is -2.51. The second-order valence-corrected chi connectivity index (χ2v) is 5.98. The quantitative estimate of drug-likeness (QED) is 0.774. The number of halogens is 1. The highest BCUT2D eigenvalue weighted by Crippen LogP contribution is 2.20. The number of amides is 1. The number of piperidine rings is 1. The molecule has 2 rings (SSSR count). The standard InChI is InChI=1S/C18H27FN2O2/c1-3-20-11-7-6-10-17(20)18(22)21(12-13-23-2)14-15-8-4-5-9-16(15)19/h4-5,8-9,17H,3,6-7,10-14H2,1-2H3/t17-/m0/s1. The van der Waals surface area contributed by atoms with Crippen LogP contribution in [0.5, 0.6) is 0 Å². The van der Waals surface area contributed by atoms with Gasteiger partial charge in [0.1, 0.15) is 5.82 Å². The van der Waals surface area contributed by atoms with Gasteiger partial charge in [-0.25, -0.2) is 4.39 Å². The van der Waals surface area contributed by atoms with Gasteiger partial charge in [-0.05, 0) is 32.0 Å². The molecule has 5 heteroatoms. The minimum absolute atomic E-state index is 0.0858. The number of hydrogen-bond donors (Lipinski definition) is 0. The maximum atomic E-state index is 13.9. The molecule has 0 radical (unpaired) electrons. The first kappa shape index (κ1) is 17.9. The molecule has 23 heavy (non-hydrogen) atoms. The number of methoxy groups -OCH3 is 1. The van der Waals surface area contributed by atoms with Crippen LogP contribution in [0.1, 0.15) is 31.7 Å². The van der Waals surface area contributed by atoms with Crippen molar-refractivity contribution in [1.82, 2.24) is 9.80 Å². The molecule has 1 amide bonds. The van der Waals surface area contributed by atoms with Crippen LogP contribution in [0.4, 0.5) is 4.39 Å². The molecule has 0 unspecified atom stereocenters. The van der Waals surface area contributed by atoms with E-state index in [1.54, 1.807) is 30.2 Å².